The largest absolute Gasteiger partial charge is 0.439 e. The number of allylic oxidation sites excluding steroid dienone is 1. The Morgan fingerprint density at radius 2 is 1.93 bits per heavy atom. The second kappa shape index (κ2) is 7.59. The van der Waals surface area contributed by atoms with Crippen LogP contribution in [0, 0.1) is 5.82 Å². The van der Waals surface area contributed by atoms with Crippen LogP contribution in [-0.2, 0) is 0 Å². The third kappa shape index (κ3) is 3.98. The van der Waals surface area contributed by atoms with E-state index in [-0.39, 0.29) is 10.7 Å². The second-order valence-corrected chi connectivity index (χ2v) is 6.35. The molecule has 0 saturated heterocycles. The van der Waals surface area contributed by atoms with Crippen molar-refractivity contribution in [2.45, 2.75) is 0 Å². The molecule has 138 valence electrons. The van der Waals surface area contributed by atoms with Crippen LogP contribution in [0.25, 0.3) is 11.8 Å². The highest BCUT2D eigenvalue weighted by atomic mass is 35.5. The molecule has 0 amide bonds. The van der Waals surface area contributed by atoms with E-state index in [0.717, 1.165) is 22.0 Å². The number of nitrogens with zero attached hydrogens (tertiary/aromatic N) is 2. The van der Waals surface area contributed by atoms with Crippen LogP contribution in [0.1, 0.15) is 16.1 Å². The number of aromatic amines is 1. The van der Waals surface area contributed by atoms with Crippen molar-refractivity contribution < 1.29 is 18.4 Å². The molecular formula is C19H16ClFN3O3+. The maximum Gasteiger partial charge on any atom is 0.439 e. The van der Waals surface area contributed by atoms with Gasteiger partial charge in [0.1, 0.15) is 5.82 Å². The first-order valence-corrected chi connectivity index (χ1v) is 8.33. The number of anilines is 1. The van der Waals surface area contributed by atoms with E-state index in [0.29, 0.717) is 5.69 Å². The zero-order chi connectivity index (χ0) is 19.6. The van der Waals surface area contributed by atoms with Gasteiger partial charge in [0.05, 0.1) is 5.02 Å². The van der Waals surface area contributed by atoms with Crippen LogP contribution in [0.4, 0.5) is 10.1 Å². The zero-order valence-electron chi connectivity index (χ0n) is 14.6. The molecule has 3 aromatic rings. The van der Waals surface area contributed by atoms with Crippen LogP contribution in [-0.4, -0.2) is 25.1 Å². The number of rotatable bonds is 5. The van der Waals surface area contributed by atoms with E-state index in [9.17, 15) is 14.0 Å². The molecule has 1 N–H and O–H groups in total. The lowest BCUT2D eigenvalue weighted by molar-refractivity contribution is -0.672. The first-order chi connectivity index (χ1) is 12.9. The average molecular weight is 389 g/mol. The smallest absolute Gasteiger partial charge is 0.378 e. The lowest BCUT2D eigenvalue weighted by Gasteiger charge is -2.11. The second-order valence-electron chi connectivity index (χ2n) is 5.95. The van der Waals surface area contributed by atoms with Crippen molar-refractivity contribution in [1.82, 2.24) is 5.27 Å². The minimum atomic E-state index is -0.840. The van der Waals surface area contributed by atoms with Crippen LogP contribution in [0.15, 0.2) is 57.9 Å². The molecule has 0 unspecified atom stereocenters. The molecule has 0 aliphatic carbocycles. The fourth-order valence-corrected chi connectivity index (χ4v) is 2.60. The van der Waals surface area contributed by atoms with E-state index in [1.54, 1.807) is 6.08 Å². The number of H-pyrrole nitrogens is 1. The first-order valence-electron chi connectivity index (χ1n) is 7.95. The molecule has 6 nitrogen and oxygen atoms in total. The van der Waals surface area contributed by atoms with Crippen LogP contribution < -0.4 is 15.2 Å². The third-order valence-electron chi connectivity index (χ3n) is 3.88. The minimum Gasteiger partial charge on any atom is -0.378 e. The number of hydrogen-bond acceptors (Lipinski definition) is 4. The highest BCUT2D eigenvalue weighted by Crippen LogP contribution is 2.16. The standard InChI is InChI=1S/C19H15ClFN3O3/c1-23(2)13-6-3-12(4-7-13)5-10-17(25)18-19(26)27-22-24(18)14-8-9-16(21)15(20)11-14/h3-11H,1-2H3/p+1/b10-5+. The van der Waals surface area contributed by atoms with E-state index in [1.807, 2.05) is 43.3 Å². The maximum atomic E-state index is 13.3. The summed E-state index contributed by atoms with van der Waals surface area (Å²) in [7, 11) is 3.86. The van der Waals surface area contributed by atoms with Crippen LogP contribution >= 0.6 is 11.6 Å². The Balaban J connectivity index is 1.90. The molecule has 0 saturated carbocycles. The summed E-state index contributed by atoms with van der Waals surface area (Å²) >= 11 is 5.77. The van der Waals surface area contributed by atoms with Gasteiger partial charge >= 0.3 is 11.3 Å². The number of benzene rings is 2. The first kappa shape index (κ1) is 18.6. The van der Waals surface area contributed by atoms with E-state index < -0.39 is 17.2 Å². The van der Waals surface area contributed by atoms with Gasteiger partial charge in [-0.25, -0.2) is 9.18 Å². The Morgan fingerprint density at radius 1 is 1.22 bits per heavy atom. The minimum absolute atomic E-state index is 0.142. The number of carbonyl (C=O) groups excluding carboxylic acids is 1. The highest BCUT2D eigenvalue weighted by Gasteiger charge is 2.29. The summed E-state index contributed by atoms with van der Waals surface area (Å²) < 4.78 is 19.2. The van der Waals surface area contributed by atoms with Gasteiger partial charge in [0.15, 0.2) is 0 Å². The normalized spacial score (nSPS) is 11.1. The van der Waals surface area contributed by atoms with Crippen molar-refractivity contribution in [3.05, 3.63) is 81.1 Å². The van der Waals surface area contributed by atoms with Crippen molar-refractivity contribution >= 4 is 29.1 Å². The molecule has 8 heteroatoms. The van der Waals surface area contributed by atoms with Gasteiger partial charge in [-0.1, -0.05) is 29.8 Å². The fraction of sp³-hybridized carbons (Fsp3) is 0.105. The molecule has 1 heterocycles. The third-order valence-corrected chi connectivity index (χ3v) is 4.17. The molecule has 0 spiro atoms. The number of hydrogen-bond donors (Lipinski definition) is 1. The number of aromatic nitrogens is 2. The van der Waals surface area contributed by atoms with E-state index in [2.05, 4.69) is 5.27 Å². The van der Waals surface area contributed by atoms with Crippen molar-refractivity contribution in [2.75, 3.05) is 19.0 Å². The zero-order valence-corrected chi connectivity index (χ0v) is 15.3. The number of carbonyl (C=O) groups is 1. The Kier molecular flexibility index (Phi) is 5.23. The molecule has 2 aromatic carbocycles. The predicted molar refractivity (Wildman–Crippen MR) is 100.0 cm³/mol. The van der Waals surface area contributed by atoms with E-state index >= 15 is 0 Å². The van der Waals surface area contributed by atoms with Crippen molar-refractivity contribution in [3.63, 3.8) is 0 Å². The van der Waals surface area contributed by atoms with Gasteiger partial charge in [-0.15, -0.1) is 0 Å². The van der Waals surface area contributed by atoms with Gasteiger partial charge in [0, 0.05) is 31.9 Å². The van der Waals surface area contributed by atoms with Gasteiger partial charge in [-0.3, -0.25) is 9.32 Å². The van der Waals surface area contributed by atoms with E-state index in [4.69, 9.17) is 16.1 Å². The summed E-state index contributed by atoms with van der Waals surface area (Å²) in [5.74, 6) is -1.18. The Hall–Kier alpha value is -3.19. The Labute approximate surface area is 159 Å². The van der Waals surface area contributed by atoms with Crippen LogP contribution in [0.3, 0.4) is 0 Å². The molecule has 0 radical (unpaired) electrons. The summed E-state index contributed by atoms with van der Waals surface area (Å²) in [4.78, 5) is 26.4. The molecule has 0 atom stereocenters. The van der Waals surface area contributed by atoms with Gasteiger partial charge in [-0.05, 0) is 39.8 Å². The van der Waals surface area contributed by atoms with Gasteiger partial charge in [0.2, 0.25) is 5.69 Å². The Morgan fingerprint density at radius 3 is 2.56 bits per heavy atom. The van der Waals surface area contributed by atoms with Gasteiger partial charge in [0.25, 0.3) is 5.78 Å². The predicted octanol–water partition coefficient (Wildman–Crippen LogP) is 3.00. The topological polar surface area (TPSA) is 70.2 Å². The SMILES string of the molecule is CN(C)c1ccc(/C=C/C(=O)c2c(=O)o[nH][n+]2-c2ccc(F)c(Cl)c2)cc1. The molecule has 0 aliphatic heterocycles. The summed E-state index contributed by atoms with van der Waals surface area (Å²) in [5, 5.41) is 2.18. The number of halogens is 2. The summed E-state index contributed by atoms with van der Waals surface area (Å²) in [5.41, 5.74) is 1.02. The molecular weight excluding hydrogens is 373 g/mol. The molecule has 1 aromatic heterocycles. The molecule has 27 heavy (non-hydrogen) atoms. The maximum absolute atomic E-state index is 13.3. The van der Waals surface area contributed by atoms with Gasteiger partial charge in [-0.2, -0.15) is 0 Å². The average Bonchev–Trinajstić information content (AvgIpc) is 3.04. The van der Waals surface area contributed by atoms with Crippen molar-refractivity contribution in [2.24, 2.45) is 0 Å². The summed E-state index contributed by atoms with van der Waals surface area (Å²) in [6.07, 6.45) is 2.86. The monoisotopic (exact) mass is 388 g/mol. The molecule has 0 bridgehead atoms. The number of ketones is 1. The Bertz CT molecular complexity index is 1070. The summed E-state index contributed by atoms with van der Waals surface area (Å²) in [6, 6.07) is 11.3. The van der Waals surface area contributed by atoms with Crippen molar-refractivity contribution in [1.29, 1.82) is 0 Å². The lowest BCUT2D eigenvalue weighted by Crippen LogP contribution is -2.40. The molecule has 0 aliphatic rings. The number of nitrogens with one attached hydrogen (secondary N) is 1. The lowest BCUT2D eigenvalue weighted by atomic mass is 10.1. The van der Waals surface area contributed by atoms with Gasteiger partial charge < -0.3 is 4.90 Å². The summed E-state index contributed by atoms with van der Waals surface area (Å²) in [6.45, 7) is 0. The quantitative estimate of drug-likeness (QED) is 0.414. The van der Waals surface area contributed by atoms with Crippen molar-refractivity contribution in [3.8, 4) is 5.69 Å². The van der Waals surface area contributed by atoms with E-state index in [1.165, 1.54) is 18.2 Å². The fourth-order valence-electron chi connectivity index (χ4n) is 2.42. The van der Waals surface area contributed by atoms with Crippen LogP contribution in [0.5, 0.6) is 0 Å². The molecule has 0 fully saturated rings. The highest BCUT2D eigenvalue weighted by molar-refractivity contribution is 6.30. The molecule has 3 rings (SSSR count). The van der Waals surface area contributed by atoms with Crippen LogP contribution in [0.2, 0.25) is 5.02 Å².